The first-order valence-electron chi connectivity index (χ1n) is 14.0. The fourth-order valence-corrected chi connectivity index (χ4v) is 6.28. The van der Waals surface area contributed by atoms with Crippen molar-refractivity contribution in [3.63, 3.8) is 0 Å². The second-order valence-electron chi connectivity index (χ2n) is 9.57. The van der Waals surface area contributed by atoms with Crippen LogP contribution in [0.2, 0.25) is 0 Å². The van der Waals surface area contributed by atoms with Gasteiger partial charge in [0.15, 0.2) is 24.8 Å². The SMILES string of the molecule is CCCCCCCC[n+]1ccc(CCSSCCc2cc[n+](CCCCCCCC)cc2)cc1. The monoisotopic (exact) mass is 502 g/mol. The molecule has 4 heteroatoms. The minimum atomic E-state index is 1.16. The Morgan fingerprint density at radius 3 is 1.24 bits per heavy atom. The first-order chi connectivity index (χ1) is 16.8. The van der Waals surface area contributed by atoms with E-state index in [9.17, 15) is 0 Å². The van der Waals surface area contributed by atoms with E-state index in [0.717, 1.165) is 13.1 Å². The van der Waals surface area contributed by atoms with Crippen LogP contribution in [0, 0.1) is 0 Å². The van der Waals surface area contributed by atoms with Crippen LogP contribution in [-0.2, 0) is 25.9 Å². The maximum Gasteiger partial charge on any atom is 0.169 e. The van der Waals surface area contributed by atoms with Crippen molar-refractivity contribution in [3.05, 3.63) is 60.2 Å². The summed E-state index contributed by atoms with van der Waals surface area (Å²) in [5, 5.41) is 0. The maximum absolute atomic E-state index is 2.35. The smallest absolute Gasteiger partial charge is 0.169 e. The first kappa shape index (κ1) is 29.2. The number of nitrogens with zero attached hydrogens (tertiary/aromatic N) is 2. The third kappa shape index (κ3) is 14.4. The average molecular weight is 503 g/mol. The Hall–Kier alpha value is -1.00. The van der Waals surface area contributed by atoms with Crippen molar-refractivity contribution < 1.29 is 9.13 Å². The van der Waals surface area contributed by atoms with Crippen LogP contribution in [-0.4, -0.2) is 11.5 Å². The lowest BCUT2D eigenvalue weighted by atomic mass is 10.1. The molecule has 0 aromatic carbocycles. The lowest BCUT2D eigenvalue weighted by Crippen LogP contribution is -2.32. The molecule has 190 valence electrons. The standard InChI is InChI=1S/C30H50N2S2/c1-3-5-7-9-11-13-21-31-23-15-29(16-24-31)19-27-33-34-28-20-30-17-25-32(26-18-30)22-14-12-10-8-6-4-2/h15-18,23-26H,3-14,19-22,27-28H2,1-2H3/q+2. The highest BCUT2D eigenvalue weighted by atomic mass is 33.1. The van der Waals surface area contributed by atoms with Gasteiger partial charge in [0.25, 0.3) is 0 Å². The fourth-order valence-electron chi connectivity index (χ4n) is 4.19. The van der Waals surface area contributed by atoms with E-state index >= 15 is 0 Å². The lowest BCUT2D eigenvalue weighted by molar-refractivity contribution is -0.697. The Labute approximate surface area is 218 Å². The van der Waals surface area contributed by atoms with E-state index in [-0.39, 0.29) is 0 Å². The summed E-state index contributed by atoms with van der Waals surface area (Å²) in [6.45, 7) is 6.89. The molecular weight excluding hydrogens is 452 g/mol. The fraction of sp³-hybridized carbons (Fsp3) is 0.667. The maximum atomic E-state index is 2.35. The molecule has 0 N–H and O–H groups in total. The van der Waals surface area contributed by atoms with Crippen LogP contribution in [0.15, 0.2) is 49.1 Å². The van der Waals surface area contributed by atoms with Crippen molar-refractivity contribution in [1.29, 1.82) is 0 Å². The summed E-state index contributed by atoms with van der Waals surface area (Å²) >= 11 is 0. The van der Waals surface area contributed by atoms with Gasteiger partial charge in [-0.1, -0.05) is 86.8 Å². The van der Waals surface area contributed by atoms with Crippen molar-refractivity contribution in [2.24, 2.45) is 0 Å². The summed E-state index contributed by atoms with van der Waals surface area (Å²) in [7, 11) is 4.04. The Bertz CT molecular complexity index is 652. The van der Waals surface area contributed by atoms with Crippen molar-refractivity contribution in [1.82, 2.24) is 0 Å². The quantitative estimate of drug-likeness (QED) is 0.0966. The highest BCUT2D eigenvalue weighted by Crippen LogP contribution is 2.23. The number of rotatable bonds is 21. The number of aromatic nitrogens is 2. The number of pyridine rings is 2. The average Bonchev–Trinajstić information content (AvgIpc) is 2.87. The molecule has 0 atom stereocenters. The van der Waals surface area contributed by atoms with E-state index in [1.165, 1.54) is 113 Å². The van der Waals surface area contributed by atoms with Crippen molar-refractivity contribution in [3.8, 4) is 0 Å². The zero-order chi connectivity index (χ0) is 24.1. The van der Waals surface area contributed by atoms with Gasteiger partial charge < -0.3 is 0 Å². The predicted octanol–water partition coefficient (Wildman–Crippen LogP) is 8.15. The summed E-state index contributed by atoms with van der Waals surface area (Å²) in [5.74, 6) is 2.39. The Balaban J connectivity index is 1.48. The molecular formula is C30H50N2S2+2. The highest BCUT2D eigenvalue weighted by Gasteiger charge is 2.04. The van der Waals surface area contributed by atoms with Crippen LogP contribution >= 0.6 is 21.6 Å². The van der Waals surface area contributed by atoms with Gasteiger partial charge in [0.1, 0.15) is 13.1 Å². The second-order valence-corrected chi connectivity index (χ2v) is 12.3. The largest absolute Gasteiger partial charge is 0.205 e. The van der Waals surface area contributed by atoms with E-state index in [4.69, 9.17) is 0 Å². The van der Waals surface area contributed by atoms with Crippen LogP contribution in [0.25, 0.3) is 0 Å². The van der Waals surface area contributed by atoms with Gasteiger partial charge in [-0.25, -0.2) is 9.13 Å². The normalized spacial score (nSPS) is 11.2. The van der Waals surface area contributed by atoms with Gasteiger partial charge in [-0.05, 0) is 36.8 Å². The third-order valence-corrected chi connectivity index (χ3v) is 8.90. The van der Waals surface area contributed by atoms with Crippen molar-refractivity contribution >= 4 is 21.6 Å². The molecule has 0 spiro atoms. The molecule has 0 fully saturated rings. The number of hydrogen-bond acceptors (Lipinski definition) is 2. The molecule has 0 aliphatic rings. The zero-order valence-corrected chi connectivity index (χ0v) is 23.7. The molecule has 0 unspecified atom stereocenters. The molecule has 2 aromatic rings. The van der Waals surface area contributed by atoms with Crippen LogP contribution in [0.1, 0.15) is 102 Å². The summed E-state index contributed by atoms with van der Waals surface area (Å²) in [6.07, 6.45) is 27.8. The molecule has 2 heterocycles. The zero-order valence-electron chi connectivity index (χ0n) is 22.1. The molecule has 34 heavy (non-hydrogen) atoms. The van der Waals surface area contributed by atoms with Gasteiger partial charge in [-0.15, -0.1) is 0 Å². The number of aryl methyl sites for hydroxylation is 4. The predicted molar refractivity (Wildman–Crippen MR) is 152 cm³/mol. The van der Waals surface area contributed by atoms with E-state index in [1.807, 2.05) is 21.6 Å². The van der Waals surface area contributed by atoms with Crippen LogP contribution < -0.4 is 9.13 Å². The Kier molecular flexibility index (Phi) is 17.4. The third-order valence-electron chi connectivity index (χ3n) is 6.49. The first-order valence-corrected chi connectivity index (χ1v) is 16.5. The van der Waals surface area contributed by atoms with Crippen LogP contribution in [0.3, 0.4) is 0 Å². The van der Waals surface area contributed by atoms with E-state index in [2.05, 4.69) is 72.0 Å². The van der Waals surface area contributed by atoms with Gasteiger partial charge in [0.2, 0.25) is 0 Å². The Morgan fingerprint density at radius 2 is 0.853 bits per heavy atom. The molecule has 0 saturated heterocycles. The molecule has 2 nitrogen and oxygen atoms in total. The van der Waals surface area contributed by atoms with Gasteiger partial charge in [0, 0.05) is 48.6 Å². The number of hydrogen-bond donors (Lipinski definition) is 0. The number of unbranched alkanes of at least 4 members (excludes halogenated alkanes) is 10. The molecule has 0 aliphatic heterocycles. The van der Waals surface area contributed by atoms with Crippen molar-refractivity contribution in [2.75, 3.05) is 11.5 Å². The minimum Gasteiger partial charge on any atom is -0.205 e. The van der Waals surface area contributed by atoms with Gasteiger partial charge in [-0.3, -0.25) is 0 Å². The molecule has 0 radical (unpaired) electrons. The summed E-state index contributed by atoms with van der Waals surface area (Å²) < 4.78 is 4.70. The molecule has 2 aromatic heterocycles. The molecule has 2 rings (SSSR count). The van der Waals surface area contributed by atoms with Gasteiger partial charge >= 0.3 is 0 Å². The van der Waals surface area contributed by atoms with Gasteiger partial charge in [0.05, 0.1) is 0 Å². The van der Waals surface area contributed by atoms with Gasteiger partial charge in [-0.2, -0.15) is 0 Å². The van der Waals surface area contributed by atoms with Crippen molar-refractivity contribution in [2.45, 2.75) is 117 Å². The molecule has 0 bridgehead atoms. The summed E-state index contributed by atoms with van der Waals surface area (Å²) in [6, 6.07) is 9.25. The molecule has 0 amide bonds. The van der Waals surface area contributed by atoms with Crippen LogP contribution in [0.4, 0.5) is 0 Å². The van der Waals surface area contributed by atoms with E-state index in [0.29, 0.717) is 0 Å². The molecule has 0 saturated carbocycles. The van der Waals surface area contributed by atoms with E-state index < -0.39 is 0 Å². The Morgan fingerprint density at radius 1 is 0.500 bits per heavy atom. The lowest BCUT2D eigenvalue weighted by Gasteiger charge is -2.03. The summed E-state index contributed by atoms with van der Waals surface area (Å²) in [5.41, 5.74) is 2.93. The summed E-state index contributed by atoms with van der Waals surface area (Å²) in [4.78, 5) is 0. The second kappa shape index (κ2) is 20.2. The topological polar surface area (TPSA) is 7.76 Å². The highest BCUT2D eigenvalue weighted by molar-refractivity contribution is 8.76. The minimum absolute atomic E-state index is 1.16. The van der Waals surface area contributed by atoms with Crippen LogP contribution in [0.5, 0.6) is 0 Å². The molecule has 0 aliphatic carbocycles. The van der Waals surface area contributed by atoms with E-state index in [1.54, 1.807) is 0 Å².